The monoisotopic (exact) mass is 435 g/mol. The second kappa shape index (κ2) is 8.54. The lowest BCUT2D eigenvalue weighted by molar-refractivity contribution is 0.324. The van der Waals surface area contributed by atoms with Crippen molar-refractivity contribution in [1.29, 1.82) is 0 Å². The van der Waals surface area contributed by atoms with Crippen LogP contribution >= 0.6 is 0 Å². The van der Waals surface area contributed by atoms with Gasteiger partial charge in [-0.15, -0.1) is 0 Å². The molecule has 4 rings (SSSR count). The van der Waals surface area contributed by atoms with Crippen LogP contribution < -0.4 is 25.3 Å². The quantitative estimate of drug-likeness (QED) is 0.456. The average Bonchev–Trinajstić information content (AvgIpc) is 2.79. The smallest absolute Gasteiger partial charge is 0.203 e. The van der Waals surface area contributed by atoms with Crippen molar-refractivity contribution in [3.63, 3.8) is 0 Å². The molecule has 4 aromatic rings. The van der Waals surface area contributed by atoms with Crippen molar-refractivity contribution in [1.82, 2.24) is 15.0 Å². The summed E-state index contributed by atoms with van der Waals surface area (Å²) in [5.74, 6) is 1.02. The molecule has 2 aromatic carbocycles. The molecule has 9 heteroatoms. The molecular formula is C23H22FN5O3. The number of fused-ring (bicyclic) bond motifs is 1. The molecule has 0 aliphatic carbocycles. The molecule has 0 aliphatic rings. The SMILES string of the molecule is COc1cc(-c2ncc(F)c(Nc3ccc4nc(C)cc(N)c4c3)n2)cc(OC)c1OC. The van der Waals surface area contributed by atoms with Crippen LogP contribution in [0.5, 0.6) is 17.2 Å². The second-order valence-electron chi connectivity index (χ2n) is 7.01. The van der Waals surface area contributed by atoms with Crippen LogP contribution in [0, 0.1) is 12.7 Å². The maximum Gasteiger partial charge on any atom is 0.203 e. The Morgan fingerprint density at radius 3 is 2.31 bits per heavy atom. The highest BCUT2D eigenvalue weighted by atomic mass is 19.1. The Balaban J connectivity index is 1.73. The lowest BCUT2D eigenvalue weighted by Gasteiger charge is -2.14. The summed E-state index contributed by atoms with van der Waals surface area (Å²) in [5, 5.41) is 3.76. The number of anilines is 3. The van der Waals surface area contributed by atoms with E-state index in [0.29, 0.717) is 34.2 Å². The van der Waals surface area contributed by atoms with Crippen LogP contribution in [0.2, 0.25) is 0 Å². The number of halogens is 1. The average molecular weight is 435 g/mol. The number of nitrogens with zero attached hydrogens (tertiary/aromatic N) is 3. The van der Waals surface area contributed by atoms with Crippen molar-refractivity contribution >= 4 is 28.1 Å². The first-order valence-electron chi connectivity index (χ1n) is 9.70. The highest BCUT2D eigenvalue weighted by Gasteiger charge is 2.17. The molecule has 0 amide bonds. The molecule has 0 radical (unpaired) electrons. The van der Waals surface area contributed by atoms with Crippen molar-refractivity contribution in [2.24, 2.45) is 0 Å². The molecule has 2 aromatic heterocycles. The third kappa shape index (κ3) is 3.92. The zero-order valence-electron chi connectivity index (χ0n) is 18.1. The van der Waals surface area contributed by atoms with Crippen LogP contribution in [-0.4, -0.2) is 36.3 Å². The van der Waals surface area contributed by atoms with Gasteiger partial charge in [-0.2, -0.15) is 0 Å². The highest BCUT2D eigenvalue weighted by Crippen LogP contribution is 2.40. The number of methoxy groups -OCH3 is 3. The number of rotatable bonds is 6. The number of nitrogen functional groups attached to an aromatic ring is 1. The predicted molar refractivity (Wildman–Crippen MR) is 121 cm³/mol. The Morgan fingerprint density at radius 1 is 0.938 bits per heavy atom. The largest absolute Gasteiger partial charge is 0.493 e. The molecule has 0 fully saturated rings. The maximum atomic E-state index is 14.5. The van der Waals surface area contributed by atoms with Crippen LogP contribution in [0.1, 0.15) is 5.69 Å². The van der Waals surface area contributed by atoms with Crippen LogP contribution in [0.15, 0.2) is 42.6 Å². The van der Waals surface area contributed by atoms with Gasteiger partial charge in [-0.3, -0.25) is 4.98 Å². The number of hydrogen-bond donors (Lipinski definition) is 2. The molecule has 0 unspecified atom stereocenters. The van der Waals surface area contributed by atoms with Crippen molar-refractivity contribution < 1.29 is 18.6 Å². The van der Waals surface area contributed by atoms with Gasteiger partial charge in [0.05, 0.1) is 33.0 Å². The summed E-state index contributed by atoms with van der Waals surface area (Å²) in [6.45, 7) is 1.88. The standard InChI is InChI=1S/C23H22FN5O3/c1-12-7-17(25)15-10-14(5-6-18(15)27-12)28-23-16(24)11-26-22(29-23)13-8-19(30-2)21(32-4)20(9-13)31-3/h5-11H,1-4H3,(H2,25,27)(H,26,28,29). The first kappa shape index (κ1) is 21.1. The first-order chi connectivity index (χ1) is 15.4. The minimum absolute atomic E-state index is 0.0155. The van der Waals surface area contributed by atoms with E-state index in [4.69, 9.17) is 19.9 Å². The second-order valence-corrected chi connectivity index (χ2v) is 7.01. The van der Waals surface area contributed by atoms with Crippen molar-refractivity contribution in [3.05, 3.63) is 54.1 Å². The van der Waals surface area contributed by atoms with E-state index in [-0.39, 0.29) is 11.6 Å². The summed E-state index contributed by atoms with van der Waals surface area (Å²) in [6, 6.07) is 10.6. The fourth-order valence-corrected chi connectivity index (χ4v) is 3.41. The van der Waals surface area contributed by atoms with E-state index in [1.807, 2.05) is 13.0 Å². The highest BCUT2D eigenvalue weighted by molar-refractivity contribution is 5.93. The van der Waals surface area contributed by atoms with Gasteiger partial charge < -0.3 is 25.3 Å². The summed E-state index contributed by atoms with van der Waals surface area (Å²) >= 11 is 0. The minimum atomic E-state index is -0.601. The molecule has 8 nitrogen and oxygen atoms in total. The number of nitrogens with one attached hydrogen (secondary N) is 1. The van der Waals surface area contributed by atoms with E-state index in [0.717, 1.165) is 22.8 Å². The normalized spacial score (nSPS) is 10.8. The molecule has 0 spiro atoms. The van der Waals surface area contributed by atoms with Gasteiger partial charge in [-0.1, -0.05) is 0 Å². The topological polar surface area (TPSA) is 104 Å². The number of nitrogens with two attached hydrogens (primary N) is 1. The van der Waals surface area contributed by atoms with Gasteiger partial charge >= 0.3 is 0 Å². The summed E-state index contributed by atoms with van der Waals surface area (Å²) in [7, 11) is 4.55. The molecule has 2 heterocycles. The number of aryl methyl sites for hydroxylation is 1. The van der Waals surface area contributed by atoms with Gasteiger partial charge in [-0.05, 0) is 43.3 Å². The number of benzene rings is 2. The van der Waals surface area contributed by atoms with Crippen molar-refractivity contribution in [2.75, 3.05) is 32.4 Å². The van der Waals surface area contributed by atoms with Crippen molar-refractivity contribution in [2.45, 2.75) is 6.92 Å². The molecule has 0 bridgehead atoms. The molecule has 3 N–H and O–H groups in total. The molecule has 164 valence electrons. The molecule has 0 saturated carbocycles. The first-order valence-corrected chi connectivity index (χ1v) is 9.70. The van der Waals surface area contributed by atoms with Gasteiger partial charge in [0, 0.05) is 28.0 Å². The summed E-state index contributed by atoms with van der Waals surface area (Å²) < 4.78 is 30.6. The van der Waals surface area contributed by atoms with E-state index in [2.05, 4.69) is 20.3 Å². The molecule has 32 heavy (non-hydrogen) atoms. The number of hydrogen-bond acceptors (Lipinski definition) is 8. The van der Waals surface area contributed by atoms with E-state index in [9.17, 15) is 4.39 Å². The Hall–Kier alpha value is -4.14. The predicted octanol–water partition coefficient (Wildman–Crippen LogP) is 4.49. The third-order valence-corrected chi connectivity index (χ3v) is 4.90. The maximum absolute atomic E-state index is 14.5. The summed E-state index contributed by atoms with van der Waals surface area (Å²) in [5.41, 5.74) is 9.49. The fraction of sp³-hybridized carbons (Fsp3) is 0.174. The van der Waals surface area contributed by atoms with Gasteiger partial charge in [-0.25, -0.2) is 14.4 Å². The van der Waals surface area contributed by atoms with Crippen LogP contribution in [-0.2, 0) is 0 Å². The van der Waals surface area contributed by atoms with Gasteiger partial charge in [0.2, 0.25) is 5.75 Å². The fourth-order valence-electron chi connectivity index (χ4n) is 3.41. The van der Waals surface area contributed by atoms with Gasteiger partial charge in [0.1, 0.15) is 0 Å². The third-order valence-electron chi connectivity index (χ3n) is 4.90. The van der Waals surface area contributed by atoms with E-state index in [1.165, 1.54) is 21.3 Å². The van der Waals surface area contributed by atoms with Crippen LogP contribution in [0.3, 0.4) is 0 Å². The van der Waals surface area contributed by atoms with E-state index in [1.54, 1.807) is 30.3 Å². The number of ether oxygens (including phenoxy) is 3. The number of aromatic nitrogens is 3. The summed E-state index contributed by atoms with van der Waals surface area (Å²) in [4.78, 5) is 12.9. The molecule has 0 saturated heterocycles. The lowest BCUT2D eigenvalue weighted by atomic mass is 10.1. The lowest BCUT2D eigenvalue weighted by Crippen LogP contribution is -2.02. The number of pyridine rings is 1. The van der Waals surface area contributed by atoms with E-state index >= 15 is 0 Å². The summed E-state index contributed by atoms with van der Waals surface area (Å²) in [6.07, 6.45) is 1.11. The van der Waals surface area contributed by atoms with Crippen LogP contribution in [0.25, 0.3) is 22.3 Å². The Kier molecular flexibility index (Phi) is 5.63. The van der Waals surface area contributed by atoms with Crippen molar-refractivity contribution in [3.8, 4) is 28.6 Å². The van der Waals surface area contributed by atoms with Crippen LogP contribution in [0.4, 0.5) is 21.6 Å². The molecule has 0 atom stereocenters. The zero-order chi connectivity index (χ0) is 22.8. The Labute approximate surface area is 184 Å². The molecular weight excluding hydrogens is 413 g/mol. The molecule has 0 aliphatic heterocycles. The Bertz CT molecular complexity index is 1290. The Morgan fingerprint density at radius 2 is 1.66 bits per heavy atom. The van der Waals surface area contributed by atoms with Gasteiger partial charge in [0.25, 0.3) is 0 Å². The minimum Gasteiger partial charge on any atom is -0.493 e. The van der Waals surface area contributed by atoms with E-state index < -0.39 is 5.82 Å². The zero-order valence-corrected chi connectivity index (χ0v) is 18.1. The van der Waals surface area contributed by atoms with Gasteiger partial charge in [0.15, 0.2) is 29.0 Å².